The Morgan fingerprint density at radius 1 is 1.26 bits per heavy atom. The monoisotopic (exact) mass is 373 g/mol. The van der Waals surface area contributed by atoms with Crippen LogP contribution in [0.15, 0.2) is 33.6 Å². The molecule has 2 fully saturated rings. The summed E-state index contributed by atoms with van der Waals surface area (Å²) < 4.78 is 11.4. The Morgan fingerprint density at radius 2 is 1.96 bits per heavy atom. The maximum atomic E-state index is 13.1. The fourth-order valence-electron chi connectivity index (χ4n) is 3.48. The van der Waals surface area contributed by atoms with Crippen LogP contribution >= 0.6 is 0 Å². The zero-order chi connectivity index (χ0) is 19.1. The molecule has 9 nitrogen and oxygen atoms in total. The van der Waals surface area contributed by atoms with Crippen molar-refractivity contribution in [2.24, 2.45) is 7.05 Å². The second-order valence-electron chi connectivity index (χ2n) is 6.88. The van der Waals surface area contributed by atoms with Gasteiger partial charge in [-0.25, -0.2) is 9.69 Å². The molecule has 2 aromatic rings. The van der Waals surface area contributed by atoms with Gasteiger partial charge in [-0.1, -0.05) is 4.68 Å². The Morgan fingerprint density at radius 3 is 2.52 bits per heavy atom. The molecule has 1 aromatic heterocycles. The molecule has 1 aromatic carbocycles. The molecule has 1 N–H and O–H groups in total. The smallest absolute Gasteiger partial charge is 0.431 e. The van der Waals surface area contributed by atoms with E-state index in [2.05, 4.69) is 5.27 Å². The Balaban J connectivity index is 1.59. The Bertz CT molecular complexity index is 928. The van der Waals surface area contributed by atoms with Gasteiger partial charge in [0, 0.05) is 6.04 Å². The van der Waals surface area contributed by atoms with Crippen molar-refractivity contribution in [1.82, 2.24) is 10.2 Å². The minimum Gasteiger partial charge on any atom is -0.497 e. The van der Waals surface area contributed by atoms with Crippen LogP contribution in [0.5, 0.6) is 5.75 Å². The number of aryl methyl sites for hydroxylation is 1. The van der Waals surface area contributed by atoms with Crippen molar-refractivity contribution in [2.75, 3.05) is 12.0 Å². The number of nitrogens with zero attached hydrogens (tertiary/aromatic N) is 3. The van der Waals surface area contributed by atoms with E-state index in [0.29, 0.717) is 17.1 Å². The molecule has 2 aliphatic rings. The average molecular weight is 373 g/mol. The van der Waals surface area contributed by atoms with Crippen LogP contribution in [0.4, 0.5) is 5.69 Å². The normalized spacial score (nSPS) is 20.0. The molecule has 2 heterocycles. The van der Waals surface area contributed by atoms with Crippen molar-refractivity contribution in [1.29, 1.82) is 0 Å². The standard InChI is InChI=1S/C18H20N4O5/c1-20-15(18(25)27-19-20)10-21(11-3-4-11)14-9-16(23)22(17(14)24)12-5-7-13(26-2)8-6-12/h5-8,11,14H,3-4,9-10H2,1-2H3/p+1. The summed E-state index contributed by atoms with van der Waals surface area (Å²) in [6, 6.07) is 6.43. The van der Waals surface area contributed by atoms with Gasteiger partial charge in [-0.2, -0.15) is 0 Å². The lowest BCUT2D eigenvalue weighted by Gasteiger charge is -2.25. The molecular weight excluding hydrogens is 352 g/mol. The summed E-state index contributed by atoms with van der Waals surface area (Å²) in [4.78, 5) is 40.7. The number of nitrogens with one attached hydrogen (secondary N) is 1. The highest BCUT2D eigenvalue weighted by molar-refractivity contribution is 6.22. The van der Waals surface area contributed by atoms with E-state index in [4.69, 9.17) is 9.26 Å². The number of benzene rings is 1. The molecule has 0 bridgehead atoms. The van der Waals surface area contributed by atoms with E-state index in [0.717, 1.165) is 12.8 Å². The second kappa shape index (κ2) is 6.66. The maximum absolute atomic E-state index is 13.1. The summed E-state index contributed by atoms with van der Waals surface area (Å²) in [5.41, 5.74) is 0.479. The number of hydrogen-bond donors (Lipinski definition) is 1. The number of aromatic amines is 1. The third kappa shape index (κ3) is 3.14. The van der Waals surface area contributed by atoms with Crippen molar-refractivity contribution in [3.05, 3.63) is 40.4 Å². The van der Waals surface area contributed by atoms with E-state index in [-0.39, 0.29) is 30.8 Å². The Hall–Kier alpha value is -2.94. The molecular formula is C18H21N4O5+. The fraction of sp³-hybridized carbons (Fsp3) is 0.444. The van der Waals surface area contributed by atoms with Crippen LogP contribution in [-0.2, 0) is 23.2 Å². The molecule has 0 radical (unpaired) electrons. The molecule has 142 valence electrons. The van der Waals surface area contributed by atoms with E-state index < -0.39 is 11.7 Å². The highest BCUT2D eigenvalue weighted by Gasteiger charge is 2.48. The lowest BCUT2D eigenvalue weighted by atomic mass is 10.2. The van der Waals surface area contributed by atoms with Gasteiger partial charge in [0.2, 0.25) is 5.91 Å². The summed E-state index contributed by atoms with van der Waals surface area (Å²) in [6.45, 7) is 0.257. The molecule has 1 aliphatic carbocycles. The lowest BCUT2D eigenvalue weighted by Crippen LogP contribution is -2.47. The molecule has 0 spiro atoms. The van der Waals surface area contributed by atoms with E-state index in [1.54, 1.807) is 38.4 Å². The summed E-state index contributed by atoms with van der Waals surface area (Å²) in [5.74, 6) is 0.145. The second-order valence-corrected chi connectivity index (χ2v) is 6.88. The third-order valence-electron chi connectivity index (χ3n) is 5.12. The maximum Gasteiger partial charge on any atom is 0.431 e. The van der Waals surface area contributed by atoms with Crippen molar-refractivity contribution in [3.63, 3.8) is 0 Å². The van der Waals surface area contributed by atoms with E-state index in [1.807, 2.05) is 4.90 Å². The van der Waals surface area contributed by atoms with Crippen LogP contribution < -0.4 is 19.9 Å². The zero-order valence-electron chi connectivity index (χ0n) is 15.2. The fourth-order valence-corrected chi connectivity index (χ4v) is 3.48. The summed E-state index contributed by atoms with van der Waals surface area (Å²) >= 11 is 0. The number of amides is 2. The average Bonchev–Trinajstić information content (AvgIpc) is 3.40. The van der Waals surface area contributed by atoms with Gasteiger partial charge in [-0.05, 0) is 42.4 Å². The predicted octanol–water partition coefficient (Wildman–Crippen LogP) is 0.0975. The largest absolute Gasteiger partial charge is 0.497 e. The van der Waals surface area contributed by atoms with E-state index >= 15 is 0 Å². The first-order valence-electron chi connectivity index (χ1n) is 8.82. The lowest BCUT2D eigenvalue weighted by molar-refractivity contribution is -0.747. The minimum atomic E-state index is -0.582. The summed E-state index contributed by atoms with van der Waals surface area (Å²) in [6.07, 6.45) is 1.99. The summed E-state index contributed by atoms with van der Waals surface area (Å²) in [7, 11) is 3.23. The van der Waals surface area contributed by atoms with Crippen LogP contribution in [0, 0.1) is 0 Å². The van der Waals surface area contributed by atoms with Crippen LogP contribution in [0.25, 0.3) is 0 Å². The molecule has 9 heteroatoms. The van der Waals surface area contributed by atoms with Gasteiger partial charge in [0.15, 0.2) is 7.05 Å². The van der Waals surface area contributed by atoms with Crippen LogP contribution in [-0.4, -0.2) is 41.2 Å². The number of carbonyl (C=O) groups excluding carboxylic acids is 2. The minimum absolute atomic E-state index is 0.0980. The predicted molar refractivity (Wildman–Crippen MR) is 93.0 cm³/mol. The molecule has 2 amide bonds. The van der Waals surface area contributed by atoms with Crippen LogP contribution in [0.1, 0.15) is 25.0 Å². The summed E-state index contributed by atoms with van der Waals surface area (Å²) in [5, 5.41) is 2.49. The number of anilines is 1. The molecule has 1 aliphatic heterocycles. The van der Waals surface area contributed by atoms with Crippen molar-refractivity contribution in [3.8, 4) is 5.75 Å². The number of ether oxygens (including phenoxy) is 1. The van der Waals surface area contributed by atoms with Crippen LogP contribution in [0.2, 0.25) is 0 Å². The molecule has 1 saturated carbocycles. The molecule has 4 rings (SSSR count). The van der Waals surface area contributed by atoms with Gasteiger partial charge in [0.25, 0.3) is 5.91 Å². The van der Waals surface area contributed by atoms with Gasteiger partial charge in [0.05, 0.1) is 31.8 Å². The van der Waals surface area contributed by atoms with E-state index in [1.165, 1.54) is 9.58 Å². The number of imide groups is 1. The molecule has 1 unspecified atom stereocenters. The third-order valence-corrected chi connectivity index (χ3v) is 5.12. The van der Waals surface area contributed by atoms with Gasteiger partial charge in [0.1, 0.15) is 5.75 Å². The van der Waals surface area contributed by atoms with Gasteiger partial charge in [-0.3, -0.25) is 19.0 Å². The van der Waals surface area contributed by atoms with Crippen molar-refractivity contribution < 1.29 is 23.5 Å². The highest BCUT2D eigenvalue weighted by atomic mass is 16.5. The quantitative estimate of drug-likeness (QED) is 0.569. The topological polar surface area (TPSA) is 99.7 Å². The first-order valence-corrected chi connectivity index (χ1v) is 8.82. The van der Waals surface area contributed by atoms with Crippen molar-refractivity contribution >= 4 is 17.5 Å². The Labute approximate surface area is 155 Å². The van der Waals surface area contributed by atoms with E-state index in [9.17, 15) is 14.4 Å². The molecule has 1 saturated heterocycles. The zero-order valence-corrected chi connectivity index (χ0v) is 15.2. The first kappa shape index (κ1) is 17.5. The highest BCUT2D eigenvalue weighted by Crippen LogP contribution is 2.35. The SMILES string of the molecule is COc1ccc(N2C(=O)CC(N(Cc3c(=O)o[nH][n+]3C)C3CC3)C2=O)cc1. The molecule has 27 heavy (non-hydrogen) atoms. The Kier molecular flexibility index (Phi) is 4.31. The number of hydrogen-bond acceptors (Lipinski definition) is 6. The number of rotatable bonds is 6. The number of aromatic nitrogens is 2. The first-order chi connectivity index (χ1) is 13.0. The van der Waals surface area contributed by atoms with Gasteiger partial charge < -0.3 is 4.74 Å². The number of methoxy groups -OCH3 is 1. The van der Waals surface area contributed by atoms with Crippen LogP contribution in [0.3, 0.4) is 0 Å². The van der Waals surface area contributed by atoms with Gasteiger partial charge >= 0.3 is 11.3 Å². The van der Waals surface area contributed by atoms with Gasteiger partial charge in [-0.15, -0.1) is 0 Å². The molecule has 1 atom stereocenters. The van der Waals surface area contributed by atoms with Crippen molar-refractivity contribution in [2.45, 2.75) is 37.9 Å². The number of carbonyl (C=O) groups is 2. The number of H-pyrrole nitrogens is 1.